The summed E-state index contributed by atoms with van der Waals surface area (Å²) in [6.45, 7) is -0.443. The normalized spacial score (nSPS) is 11.1. The quantitative estimate of drug-likeness (QED) is 0.755. The third-order valence-electron chi connectivity index (χ3n) is 1.73. The molecule has 0 aromatic heterocycles. The number of nitrogens with zero attached hydrogens (tertiary/aromatic N) is 1. The highest BCUT2D eigenvalue weighted by atomic mass is 19.4. The van der Waals surface area contributed by atoms with E-state index < -0.39 is 18.3 Å². The van der Waals surface area contributed by atoms with E-state index in [0.29, 0.717) is 0 Å². The molecule has 0 unspecified atom stereocenters. The second-order valence-electron chi connectivity index (χ2n) is 2.64. The zero-order valence-electron chi connectivity index (χ0n) is 6.97. The van der Waals surface area contributed by atoms with Crippen molar-refractivity contribution >= 4 is 0 Å². The van der Waals surface area contributed by atoms with Crippen LogP contribution in [0, 0.1) is 11.3 Å². The lowest BCUT2D eigenvalue weighted by molar-refractivity contribution is -0.137. The molecule has 1 aromatic rings. The minimum absolute atomic E-state index is 0.151. The van der Waals surface area contributed by atoms with Crippen molar-refractivity contribution in [2.75, 3.05) is 0 Å². The number of hydrogen-bond acceptors (Lipinski definition) is 2. The topological polar surface area (TPSA) is 44.0 Å². The van der Waals surface area contributed by atoms with Crippen molar-refractivity contribution in [2.24, 2.45) is 0 Å². The van der Waals surface area contributed by atoms with Crippen molar-refractivity contribution in [2.45, 2.75) is 12.8 Å². The summed E-state index contributed by atoms with van der Waals surface area (Å²) in [5.41, 5.74) is -0.839. The van der Waals surface area contributed by atoms with Gasteiger partial charge in [-0.05, 0) is 17.7 Å². The van der Waals surface area contributed by atoms with Gasteiger partial charge in [-0.1, -0.05) is 6.07 Å². The first-order chi connectivity index (χ1) is 6.49. The van der Waals surface area contributed by atoms with E-state index in [1.165, 1.54) is 0 Å². The molecule has 0 aliphatic rings. The van der Waals surface area contributed by atoms with Crippen LogP contribution in [0.3, 0.4) is 0 Å². The molecule has 0 saturated carbocycles. The summed E-state index contributed by atoms with van der Waals surface area (Å²) in [6, 6.07) is 4.26. The Bertz CT molecular complexity index is 379. The van der Waals surface area contributed by atoms with Crippen LogP contribution in [0.15, 0.2) is 18.2 Å². The number of aliphatic hydroxyl groups excluding tert-OH is 1. The summed E-state index contributed by atoms with van der Waals surface area (Å²) in [7, 11) is 0. The van der Waals surface area contributed by atoms with Crippen LogP contribution in [0.1, 0.15) is 16.7 Å². The molecule has 74 valence electrons. The van der Waals surface area contributed by atoms with Gasteiger partial charge in [0.1, 0.15) is 0 Å². The van der Waals surface area contributed by atoms with Crippen LogP contribution >= 0.6 is 0 Å². The molecule has 0 spiro atoms. The molecule has 0 atom stereocenters. The van der Waals surface area contributed by atoms with Crippen LogP contribution in [0.5, 0.6) is 0 Å². The summed E-state index contributed by atoms with van der Waals surface area (Å²) in [5, 5.41) is 17.2. The maximum Gasteiger partial charge on any atom is 0.416 e. The molecule has 0 radical (unpaired) electrons. The van der Waals surface area contributed by atoms with Crippen molar-refractivity contribution in [3.8, 4) is 6.07 Å². The fourth-order valence-corrected chi connectivity index (χ4v) is 0.995. The summed E-state index contributed by atoms with van der Waals surface area (Å²) in [5.74, 6) is 0. The monoisotopic (exact) mass is 201 g/mol. The van der Waals surface area contributed by atoms with Gasteiger partial charge in [0.15, 0.2) is 0 Å². The lowest BCUT2D eigenvalue weighted by Gasteiger charge is -2.08. The number of benzene rings is 1. The van der Waals surface area contributed by atoms with Crippen molar-refractivity contribution in [1.82, 2.24) is 0 Å². The van der Waals surface area contributed by atoms with E-state index in [1.54, 1.807) is 6.07 Å². The zero-order valence-corrected chi connectivity index (χ0v) is 6.97. The largest absolute Gasteiger partial charge is 0.416 e. The van der Waals surface area contributed by atoms with Gasteiger partial charge in [-0.15, -0.1) is 0 Å². The highest BCUT2D eigenvalue weighted by Gasteiger charge is 2.30. The van der Waals surface area contributed by atoms with Gasteiger partial charge < -0.3 is 5.11 Å². The Morgan fingerprint density at radius 3 is 2.43 bits per heavy atom. The smallest absolute Gasteiger partial charge is 0.392 e. The Kier molecular flexibility index (Phi) is 2.77. The van der Waals surface area contributed by atoms with Crippen LogP contribution in [0.4, 0.5) is 13.2 Å². The van der Waals surface area contributed by atoms with Crippen molar-refractivity contribution in [3.63, 3.8) is 0 Å². The molecule has 0 aliphatic heterocycles. The molecule has 14 heavy (non-hydrogen) atoms. The molecular weight excluding hydrogens is 195 g/mol. The zero-order chi connectivity index (χ0) is 10.8. The molecular formula is C9H6F3NO. The van der Waals surface area contributed by atoms with Gasteiger partial charge in [-0.3, -0.25) is 0 Å². The predicted molar refractivity (Wildman–Crippen MR) is 42.1 cm³/mol. The molecule has 1 aromatic carbocycles. The molecule has 2 nitrogen and oxygen atoms in total. The second kappa shape index (κ2) is 3.68. The fourth-order valence-electron chi connectivity index (χ4n) is 0.995. The second-order valence-corrected chi connectivity index (χ2v) is 2.64. The Balaban J connectivity index is 3.23. The minimum atomic E-state index is -4.46. The van der Waals surface area contributed by atoms with Crippen LogP contribution in [-0.2, 0) is 12.8 Å². The van der Waals surface area contributed by atoms with Crippen molar-refractivity contribution in [1.29, 1.82) is 5.26 Å². The molecule has 0 fully saturated rings. The first-order valence-electron chi connectivity index (χ1n) is 3.70. The predicted octanol–water partition coefficient (Wildman–Crippen LogP) is 2.07. The SMILES string of the molecule is N#Cc1cc(C(F)(F)F)ccc1CO. The summed E-state index contributed by atoms with van der Waals surface area (Å²) in [6.07, 6.45) is -4.46. The molecule has 0 amide bonds. The van der Waals surface area contributed by atoms with Crippen molar-refractivity contribution in [3.05, 3.63) is 34.9 Å². The maximum absolute atomic E-state index is 12.2. The highest BCUT2D eigenvalue weighted by molar-refractivity contribution is 5.41. The van der Waals surface area contributed by atoms with Crippen LogP contribution in [-0.4, -0.2) is 5.11 Å². The number of nitriles is 1. The van der Waals surface area contributed by atoms with Crippen LogP contribution in [0.25, 0.3) is 0 Å². The van der Waals surface area contributed by atoms with E-state index >= 15 is 0 Å². The van der Waals surface area contributed by atoms with E-state index in [1.807, 2.05) is 0 Å². The first kappa shape index (κ1) is 10.5. The van der Waals surface area contributed by atoms with Crippen molar-refractivity contribution < 1.29 is 18.3 Å². The van der Waals surface area contributed by atoms with Gasteiger partial charge in [0.2, 0.25) is 0 Å². The van der Waals surface area contributed by atoms with Gasteiger partial charge in [0.25, 0.3) is 0 Å². The Labute approximate surface area is 78.2 Å². The van der Waals surface area contributed by atoms with E-state index in [4.69, 9.17) is 10.4 Å². The van der Waals surface area contributed by atoms with Gasteiger partial charge in [0.05, 0.1) is 23.8 Å². The third-order valence-corrected chi connectivity index (χ3v) is 1.73. The standard InChI is InChI=1S/C9H6F3NO/c10-9(11,12)8-2-1-6(5-14)7(3-8)4-13/h1-3,14H,5H2. The van der Waals surface area contributed by atoms with E-state index in [2.05, 4.69) is 0 Å². The van der Waals surface area contributed by atoms with Gasteiger partial charge >= 0.3 is 6.18 Å². The van der Waals surface area contributed by atoms with Crippen LogP contribution in [0.2, 0.25) is 0 Å². The molecule has 1 rings (SSSR count). The molecule has 0 heterocycles. The highest BCUT2D eigenvalue weighted by Crippen LogP contribution is 2.30. The van der Waals surface area contributed by atoms with Gasteiger partial charge in [-0.2, -0.15) is 18.4 Å². The Morgan fingerprint density at radius 2 is 2.00 bits per heavy atom. The third kappa shape index (κ3) is 2.03. The lowest BCUT2D eigenvalue weighted by Crippen LogP contribution is -2.06. The molecule has 1 N–H and O–H groups in total. The average Bonchev–Trinajstić information content (AvgIpc) is 2.15. The van der Waals surface area contributed by atoms with E-state index in [0.717, 1.165) is 18.2 Å². The Hall–Kier alpha value is -1.54. The van der Waals surface area contributed by atoms with Gasteiger partial charge in [-0.25, -0.2) is 0 Å². The van der Waals surface area contributed by atoms with E-state index in [9.17, 15) is 13.2 Å². The van der Waals surface area contributed by atoms with Crippen LogP contribution < -0.4 is 0 Å². The van der Waals surface area contributed by atoms with Gasteiger partial charge in [0, 0.05) is 0 Å². The number of rotatable bonds is 1. The number of aliphatic hydroxyl groups is 1. The van der Waals surface area contributed by atoms with E-state index in [-0.39, 0.29) is 11.1 Å². The average molecular weight is 201 g/mol. The lowest BCUT2D eigenvalue weighted by atomic mass is 10.1. The number of halogens is 3. The molecule has 0 aliphatic carbocycles. The Morgan fingerprint density at radius 1 is 1.36 bits per heavy atom. The molecule has 5 heteroatoms. The maximum atomic E-state index is 12.2. The molecule has 0 bridgehead atoms. The molecule has 0 saturated heterocycles. The number of hydrogen-bond donors (Lipinski definition) is 1. The number of alkyl halides is 3. The fraction of sp³-hybridized carbons (Fsp3) is 0.222. The summed E-state index contributed by atoms with van der Waals surface area (Å²) < 4.78 is 36.5. The minimum Gasteiger partial charge on any atom is -0.392 e. The summed E-state index contributed by atoms with van der Waals surface area (Å²) >= 11 is 0. The first-order valence-corrected chi connectivity index (χ1v) is 3.70. The summed E-state index contributed by atoms with van der Waals surface area (Å²) in [4.78, 5) is 0.